The molecule has 1 atom stereocenters. The van der Waals surface area contributed by atoms with Crippen molar-refractivity contribution in [1.82, 2.24) is 15.0 Å². The first-order valence-electron chi connectivity index (χ1n) is 8.36. The Kier molecular flexibility index (Phi) is 4.01. The summed E-state index contributed by atoms with van der Waals surface area (Å²) in [6.45, 7) is 2.11. The highest BCUT2D eigenvalue weighted by molar-refractivity contribution is 7.19. The molecule has 5 nitrogen and oxygen atoms in total. The molecule has 1 unspecified atom stereocenters. The number of aliphatic hydroxyl groups is 1. The third-order valence-corrected chi connectivity index (χ3v) is 6.14. The fourth-order valence-electron chi connectivity index (χ4n) is 3.30. The summed E-state index contributed by atoms with van der Waals surface area (Å²) in [4.78, 5) is 0.643. The van der Waals surface area contributed by atoms with Crippen LogP contribution in [0.2, 0.25) is 0 Å². The van der Waals surface area contributed by atoms with Gasteiger partial charge in [-0.3, -0.25) is 0 Å². The second-order valence-corrected chi connectivity index (χ2v) is 7.89. The average Bonchev–Trinajstić information content (AvgIpc) is 3.29. The predicted molar refractivity (Wildman–Crippen MR) is 93.1 cm³/mol. The van der Waals surface area contributed by atoms with Crippen molar-refractivity contribution in [2.24, 2.45) is 5.92 Å². The number of aromatic nitrogens is 3. The van der Waals surface area contributed by atoms with Gasteiger partial charge in [-0.25, -0.2) is 4.68 Å². The molecule has 1 aromatic carbocycles. The lowest BCUT2D eigenvalue weighted by Crippen LogP contribution is -2.44. The third-order valence-electron chi connectivity index (χ3n) is 4.98. The van der Waals surface area contributed by atoms with Gasteiger partial charge in [0, 0.05) is 10.6 Å². The molecular weight excluding hydrogens is 377 g/mol. The number of nitrogens with zero attached hydrogens (tertiary/aromatic N) is 4. The lowest BCUT2D eigenvalue weighted by molar-refractivity contribution is -0.277. The summed E-state index contributed by atoms with van der Waals surface area (Å²) >= 11 is 1.38. The summed E-state index contributed by atoms with van der Waals surface area (Å²) < 4.78 is 42.5. The minimum absolute atomic E-state index is 0.223. The monoisotopic (exact) mass is 392 g/mol. The standard InChI is InChI=1S/C18H15F3N4OS/c1-10-13-5-2-11(6-14(13)27-15(10)7-22)8-25-9-16(23-24-25)17(26,12-3-4-12)18(19,20)21/h2,5-6,9,12,26H,3-4,8H2,1H3. The van der Waals surface area contributed by atoms with Crippen molar-refractivity contribution in [1.29, 1.82) is 5.26 Å². The minimum Gasteiger partial charge on any atom is -0.375 e. The summed E-state index contributed by atoms with van der Waals surface area (Å²) in [5.74, 6) is -0.863. The Labute approximate surface area is 156 Å². The lowest BCUT2D eigenvalue weighted by atomic mass is 9.93. The van der Waals surface area contributed by atoms with Crippen LogP contribution in [0.25, 0.3) is 10.1 Å². The van der Waals surface area contributed by atoms with Gasteiger partial charge in [0.15, 0.2) is 0 Å². The fraction of sp³-hybridized carbons (Fsp3) is 0.389. The number of alkyl halides is 3. The zero-order valence-corrected chi connectivity index (χ0v) is 15.1. The Balaban J connectivity index is 1.63. The van der Waals surface area contributed by atoms with Gasteiger partial charge in [0.1, 0.15) is 16.6 Å². The van der Waals surface area contributed by atoms with Gasteiger partial charge >= 0.3 is 6.18 Å². The molecule has 0 aliphatic heterocycles. The van der Waals surface area contributed by atoms with E-state index in [4.69, 9.17) is 5.26 Å². The van der Waals surface area contributed by atoms with Crippen molar-refractivity contribution >= 4 is 21.4 Å². The fourth-order valence-corrected chi connectivity index (χ4v) is 4.37. The van der Waals surface area contributed by atoms with E-state index in [9.17, 15) is 18.3 Å². The van der Waals surface area contributed by atoms with Gasteiger partial charge in [0.25, 0.3) is 0 Å². The van der Waals surface area contributed by atoms with Crippen LogP contribution in [0.15, 0.2) is 24.4 Å². The normalized spacial score (nSPS) is 17.0. The molecule has 0 spiro atoms. The molecule has 0 bridgehead atoms. The highest BCUT2D eigenvalue weighted by atomic mass is 32.1. The average molecular weight is 392 g/mol. The second kappa shape index (κ2) is 6.04. The van der Waals surface area contributed by atoms with Crippen LogP contribution < -0.4 is 0 Å². The summed E-state index contributed by atoms with van der Waals surface area (Å²) in [6.07, 6.45) is -3.00. The van der Waals surface area contributed by atoms with Crippen LogP contribution in [0.5, 0.6) is 0 Å². The van der Waals surface area contributed by atoms with E-state index in [1.807, 2.05) is 25.1 Å². The largest absolute Gasteiger partial charge is 0.423 e. The maximum Gasteiger partial charge on any atom is 0.423 e. The van der Waals surface area contributed by atoms with Crippen LogP contribution in [0.3, 0.4) is 0 Å². The molecule has 1 fully saturated rings. The number of benzene rings is 1. The van der Waals surface area contributed by atoms with E-state index in [0.717, 1.165) is 27.4 Å². The number of thiophene rings is 1. The molecule has 1 saturated carbocycles. The van der Waals surface area contributed by atoms with E-state index in [-0.39, 0.29) is 6.54 Å². The summed E-state index contributed by atoms with van der Waals surface area (Å²) in [7, 11) is 0. The molecular formula is C18H15F3N4OS. The highest BCUT2D eigenvalue weighted by Crippen LogP contribution is 2.53. The van der Waals surface area contributed by atoms with Gasteiger partial charge in [0.2, 0.25) is 5.60 Å². The molecule has 9 heteroatoms. The molecule has 0 saturated heterocycles. The quantitative estimate of drug-likeness (QED) is 0.731. The molecule has 140 valence electrons. The third kappa shape index (κ3) is 2.89. The van der Waals surface area contributed by atoms with Crippen molar-refractivity contribution in [3.8, 4) is 6.07 Å². The molecule has 2 heterocycles. The van der Waals surface area contributed by atoms with Crippen molar-refractivity contribution in [2.75, 3.05) is 0 Å². The molecule has 0 amide bonds. The van der Waals surface area contributed by atoms with Gasteiger partial charge in [0.05, 0.1) is 12.7 Å². The van der Waals surface area contributed by atoms with Crippen molar-refractivity contribution in [3.05, 3.63) is 46.1 Å². The zero-order chi connectivity index (χ0) is 19.4. The van der Waals surface area contributed by atoms with E-state index >= 15 is 0 Å². The van der Waals surface area contributed by atoms with Crippen LogP contribution in [-0.2, 0) is 12.1 Å². The first kappa shape index (κ1) is 17.9. The van der Waals surface area contributed by atoms with Gasteiger partial charge in [-0.1, -0.05) is 17.3 Å². The molecule has 1 N–H and O–H groups in total. The van der Waals surface area contributed by atoms with E-state index in [1.54, 1.807) is 0 Å². The number of fused-ring (bicyclic) bond motifs is 1. The summed E-state index contributed by atoms with van der Waals surface area (Å²) in [5.41, 5.74) is -1.65. The van der Waals surface area contributed by atoms with E-state index in [2.05, 4.69) is 16.4 Å². The Bertz CT molecular complexity index is 1060. The Morgan fingerprint density at radius 2 is 2.11 bits per heavy atom. The van der Waals surface area contributed by atoms with Crippen molar-refractivity contribution in [2.45, 2.75) is 38.1 Å². The molecule has 3 aromatic rings. The van der Waals surface area contributed by atoms with Gasteiger partial charge in [-0.2, -0.15) is 18.4 Å². The Hall–Kier alpha value is -2.44. The van der Waals surface area contributed by atoms with Gasteiger partial charge < -0.3 is 5.11 Å². The Morgan fingerprint density at radius 3 is 2.74 bits per heavy atom. The molecule has 0 radical (unpaired) electrons. The van der Waals surface area contributed by atoms with E-state index in [1.165, 1.54) is 16.0 Å². The van der Waals surface area contributed by atoms with Crippen molar-refractivity contribution < 1.29 is 18.3 Å². The molecule has 27 heavy (non-hydrogen) atoms. The second-order valence-electron chi connectivity index (χ2n) is 6.84. The van der Waals surface area contributed by atoms with Crippen LogP contribution in [0, 0.1) is 24.2 Å². The molecule has 1 aliphatic carbocycles. The number of rotatable bonds is 4. The first-order valence-corrected chi connectivity index (χ1v) is 9.17. The minimum atomic E-state index is -4.80. The Morgan fingerprint density at radius 1 is 1.37 bits per heavy atom. The van der Waals surface area contributed by atoms with E-state index < -0.39 is 23.4 Å². The number of aryl methyl sites for hydroxylation is 1. The lowest BCUT2D eigenvalue weighted by Gasteiger charge is -2.28. The maximum absolute atomic E-state index is 13.4. The molecule has 2 aromatic heterocycles. The highest BCUT2D eigenvalue weighted by Gasteiger charge is 2.64. The smallest absolute Gasteiger partial charge is 0.375 e. The van der Waals surface area contributed by atoms with Crippen LogP contribution >= 0.6 is 11.3 Å². The first-order chi connectivity index (χ1) is 12.7. The summed E-state index contributed by atoms with van der Waals surface area (Å²) in [5, 5.41) is 27.8. The topological polar surface area (TPSA) is 74.7 Å². The zero-order valence-electron chi connectivity index (χ0n) is 14.3. The molecule has 1 aliphatic rings. The number of nitriles is 1. The van der Waals surface area contributed by atoms with Crippen molar-refractivity contribution in [3.63, 3.8) is 0 Å². The van der Waals surface area contributed by atoms with Crippen LogP contribution in [0.1, 0.15) is 34.5 Å². The number of hydrogen-bond donors (Lipinski definition) is 1. The van der Waals surface area contributed by atoms with Crippen LogP contribution in [0.4, 0.5) is 13.2 Å². The molecule has 4 rings (SSSR count). The maximum atomic E-state index is 13.4. The number of hydrogen-bond acceptors (Lipinski definition) is 5. The van der Waals surface area contributed by atoms with Crippen LogP contribution in [-0.4, -0.2) is 26.3 Å². The SMILES string of the molecule is Cc1c(C#N)sc2cc(Cn3cc(C(O)(C4CC4)C(F)(F)F)nn3)ccc12. The van der Waals surface area contributed by atoms with E-state index in [0.29, 0.717) is 17.7 Å². The van der Waals surface area contributed by atoms with Gasteiger partial charge in [-0.15, -0.1) is 16.4 Å². The van der Waals surface area contributed by atoms with Gasteiger partial charge in [-0.05, 0) is 42.3 Å². The summed E-state index contributed by atoms with van der Waals surface area (Å²) in [6, 6.07) is 7.80. The predicted octanol–water partition coefficient (Wildman–Crippen LogP) is 3.88. The number of halogens is 3.